The van der Waals surface area contributed by atoms with Crippen molar-refractivity contribution in [2.75, 3.05) is 18.1 Å². The quantitative estimate of drug-likeness (QED) is 0.610. The molecule has 0 bridgehead atoms. The second-order valence-corrected chi connectivity index (χ2v) is 5.99. The number of thioether (sulfide) groups is 1. The van der Waals surface area contributed by atoms with Crippen LogP contribution >= 0.6 is 11.8 Å². The molecule has 100 valence electrons. The van der Waals surface area contributed by atoms with Crippen LogP contribution in [0.15, 0.2) is 0 Å². The van der Waals surface area contributed by atoms with Crippen molar-refractivity contribution in [2.45, 2.75) is 64.2 Å². The molecule has 1 aliphatic heterocycles. The molecule has 17 heavy (non-hydrogen) atoms. The number of hydrogen-bond donors (Lipinski definition) is 0. The van der Waals surface area contributed by atoms with Crippen LogP contribution in [0.5, 0.6) is 0 Å². The highest BCUT2D eigenvalue weighted by atomic mass is 32.2. The highest BCUT2D eigenvalue weighted by molar-refractivity contribution is 7.99. The number of carbonyl (C=O) groups excluding carboxylic acids is 1. The third-order valence-corrected chi connectivity index (χ3v) is 4.27. The van der Waals surface area contributed by atoms with E-state index in [-0.39, 0.29) is 5.97 Å². The molecule has 1 aliphatic rings. The number of esters is 1. The van der Waals surface area contributed by atoms with Crippen molar-refractivity contribution in [3.05, 3.63) is 0 Å². The molecule has 0 aromatic heterocycles. The molecule has 1 fully saturated rings. The Bertz CT molecular complexity index is 177. The molecule has 0 spiro atoms. The largest absolute Gasteiger partial charge is 0.466 e. The van der Waals surface area contributed by atoms with E-state index in [1.165, 1.54) is 56.5 Å². The zero-order chi connectivity index (χ0) is 12.2. The average Bonchev–Trinajstić information content (AvgIpc) is 2.32. The van der Waals surface area contributed by atoms with Crippen LogP contribution in [0.2, 0.25) is 0 Å². The first-order valence-corrected chi connectivity index (χ1v) is 8.28. The minimum atomic E-state index is 0.00440. The van der Waals surface area contributed by atoms with Gasteiger partial charge in [-0.2, -0.15) is 11.8 Å². The van der Waals surface area contributed by atoms with Gasteiger partial charge in [0.05, 0.1) is 6.61 Å². The van der Waals surface area contributed by atoms with E-state index < -0.39 is 0 Å². The van der Waals surface area contributed by atoms with Crippen molar-refractivity contribution in [3.8, 4) is 0 Å². The lowest BCUT2D eigenvalue weighted by Crippen LogP contribution is -2.06. The van der Waals surface area contributed by atoms with Crippen LogP contribution in [0.25, 0.3) is 0 Å². The summed E-state index contributed by atoms with van der Waals surface area (Å²) in [6, 6.07) is 0. The standard InChI is InChI=1S/C14H26O2S/c15-14-10-6-4-2-1-3-5-8-12-17-13-9-7-11-16-14/h1-13H2. The molecule has 0 saturated carbocycles. The first-order chi connectivity index (χ1) is 8.39. The maximum absolute atomic E-state index is 11.3. The molecule has 1 rings (SSSR count). The molecule has 1 saturated heterocycles. The van der Waals surface area contributed by atoms with Crippen LogP contribution in [-0.4, -0.2) is 24.1 Å². The maximum atomic E-state index is 11.3. The average molecular weight is 258 g/mol. The number of carbonyl (C=O) groups is 1. The monoisotopic (exact) mass is 258 g/mol. The van der Waals surface area contributed by atoms with Gasteiger partial charge in [-0.3, -0.25) is 4.79 Å². The summed E-state index contributed by atoms with van der Waals surface area (Å²) in [5, 5.41) is 0. The smallest absolute Gasteiger partial charge is 0.305 e. The van der Waals surface area contributed by atoms with Gasteiger partial charge in [-0.1, -0.05) is 32.1 Å². The third kappa shape index (κ3) is 9.51. The van der Waals surface area contributed by atoms with E-state index in [2.05, 4.69) is 0 Å². The van der Waals surface area contributed by atoms with Crippen molar-refractivity contribution in [2.24, 2.45) is 0 Å². The molecule has 2 nitrogen and oxygen atoms in total. The van der Waals surface area contributed by atoms with Gasteiger partial charge in [0.2, 0.25) is 0 Å². The van der Waals surface area contributed by atoms with Gasteiger partial charge in [0.25, 0.3) is 0 Å². The molecule has 0 aliphatic carbocycles. The predicted octanol–water partition coefficient (Wildman–Crippen LogP) is 4.18. The molecule has 1 heterocycles. The summed E-state index contributed by atoms with van der Waals surface area (Å²) in [6.45, 7) is 0.624. The van der Waals surface area contributed by atoms with Gasteiger partial charge >= 0.3 is 5.97 Å². The van der Waals surface area contributed by atoms with Gasteiger partial charge in [-0.05, 0) is 37.2 Å². The molecule has 0 atom stereocenters. The summed E-state index contributed by atoms with van der Waals surface area (Å²) in [5.74, 6) is 2.53. The molecule has 3 heteroatoms. The fourth-order valence-electron chi connectivity index (χ4n) is 2.02. The van der Waals surface area contributed by atoms with Crippen molar-refractivity contribution in [1.29, 1.82) is 0 Å². The second-order valence-electron chi connectivity index (χ2n) is 4.76. The Kier molecular flexibility index (Phi) is 9.58. The molecule has 0 radical (unpaired) electrons. The van der Waals surface area contributed by atoms with Crippen LogP contribution in [-0.2, 0) is 9.53 Å². The van der Waals surface area contributed by atoms with Crippen LogP contribution in [0.3, 0.4) is 0 Å². The Morgan fingerprint density at radius 2 is 1.35 bits per heavy atom. The van der Waals surface area contributed by atoms with Crippen LogP contribution in [0.4, 0.5) is 0 Å². The number of cyclic esters (lactones) is 1. The zero-order valence-electron chi connectivity index (χ0n) is 10.9. The SMILES string of the molecule is O=C1CCCCCCCCCSCCCCO1. The van der Waals surface area contributed by atoms with E-state index in [1.54, 1.807) is 0 Å². The third-order valence-electron chi connectivity index (χ3n) is 3.12. The molecule has 0 aromatic rings. The van der Waals surface area contributed by atoms with Gasteiger partial charge in [-0.15, -0.1) is 0 Å². The molecule has 0 unspecified atom stereocenters. The Labute approximate surface area is 110 Å². The highest BCUT2D eigenvalue weighted by Crippen LogP contribution is 2.13. The minimum Gasteiger partial charge on any atom is -0.466 e. The molecular weight excluding hydrogens is 232 g/mol. The Hall–Kier alpha value is -0.180. The van der Waals surface area contributed by atoms with Gasteiger partial charge < -0.3 is 4.74 Å². The van der Waals surface area contributed by atoms with Gasteiger partial charge in [0, 0.05) is 6.42 Å². The van der Waals surface area contributed by atoms with Crippen LogP contribution in [0, 0.1) is 0 Å². The Balaban J connectivity index is 2.11. The molecular formula is C14H26O2S. The topological polar surface area (TPSA) is 26.3 Å². The van der Waals surface area contributed by atoms with Gasteiger partial charge in [0.15, 0.2) is 0 Å². The van der Waals surface area contributed by atoms with Crippen molar-refractivity contribution in [3.63, 3.8) is 0 Å². The summed E-state index contributed by atoms with van der Waals surface area (Å²) in [4.78, 5) is 11.3. The van der Waals surface area contributed by atoms with Crippen LogP contribution in [0.1, 0.15) is 64.2 Å². The molecule has 0 N–H and O–H groups in total. The van der Waals surface area contributed by atoms with E-state index in [0.717, 1.165) is 12.8 Å². The van der Waals surface area contributed by atoms with Crippen molar-refractivity contribution >= 4 is 17.7 Å². The van der Waals surface area contributed by atoms with Crippen LogP contribution < -0.4 is 0 Å². The fourth-order valence-corrected chi connectivity index (χ4v) is 3.04. The number of ether oxygens (including phenoxy) is 1. The van der Waals surface area contributed by atoms with E-state index in [1.807, 2.05) is 11.8 Å². The summed E-state index contributed by atoms with van der Waals surface area (Å²) >= 11 is 2.05. The minimum absolute atomic E-state index is 0.00440. The Morgan fingerprint density at radius 1 is 0.765 bits per heavy atom. The summed E-state index contributed by atoms with van der Waals surface area (Å²) in [7, 11) is 0. The summed E-state index contributed by atoms with van der Waals surface area (Å²) < 4.78 is 5.19. The summed E-state index contributed by atoms with van der Waals surface area (Å²) in [6.07, 6.45) is 11.8. The molecule has 0 amide bonds. The fraction of sp³-hybridized carbons (Fsp3) is 0.929. The van der Waals surface area contributed by atoms with E-state index in [4.69, 9.17) is 4.74 Å². The van der Waals surface area contributed by atoms with E-state index in [0.29, 0.717) is 13.0 Å². The molecule has 0 aromatic carbocycles. The lowest BCUT2D eigenvalue weighted by molar-refractivity contribution is -0.143. The predicted molar refractivity (Wildman–Crippen MR) is 74.5 cm³/mol. The van der Waals surface area contributed by atoms with Crippen molar-refractivity contribution in [1.82, 2.24) is 0 Å². The van der Waals surface area contributed by atoms with Gasteiger partial charge in [0.1, 0.15) is 0 Å². The number of hydrogen-bond acceptors (Lipinski definition) is 3. The lowest BCUT2D eigenvalue weighted by Gasteiger charge is -2.06. The number of rotatable bonds is 0. The zero-order valence-corrected chi connectivity index (χ0v) is 11.7. The van der Waals surface area contributed by atoms with Gasteiger partial charge in [-0.25, -0.2) is 0 Å². The second kappa shape index (κ2) is 10.9. The normalized spacial score (nSPS) is 22.9. The highest BCUT2D eigenvalue weighted by Gasteiger charge is 2.03. The summed E-state index contributed by atoms with van der Waals surface area (Å²) in [5.41, 5.74) is 0. The lowest BCUT2D eigenvalue weighted by atomic mass is 10.1. The maximum Gasteiger partial charge on any atom is 0.305 e. The first kappa shape index (κ1) is 14.9. The van der Waals surface area contributed by atoms with Crippen molar-refractivity contribution < 1.29 is 9.53 Å². The Morgan fingerprint density at radius 3 is 2.12 bits per heavy atom. The first-order valence-electron chi connectivity index (χ1n) is 7.13. The van der Waals surface area contributed by atoms with E-state index >= 15 is 0 Å². The van der Waals surface area contributed by atoms with E-state index in [9.17, 15) is 4.79 Å².